The van der Waals surface area contributed by atoms with Crippen molar-refractivity contribution in [2.75, 3.05) is 12.4 Å². The Hall–Kier alpha value is -2.62. The van der Waals surface area contributed by atoms with E-state index >= 15 is 0 Å². The lowest BCUT2D eigenvalue weighted by molar-refractivity contribution is -0.133. The molecule has 1 aliphatic rings. The second kappa shape index (κ2) is 6.87. The van der Waals surface area contributed by atoms with Crippen LogP contribution in [0.3, 0.4) is 0 Å². The minimum absolute atomic E-state index is 0.0452. The van der Waals surface area contributed by atoms with Crippen molar-refractivity contribution in [3.63, 3.8) is 0 Å². The van der Waals surface area contributed by atoms with Gasteiger partial charge in [0.25, 0.3) is 0 Å². The van der Waals surface area contributed by atoms with Gasteiger partial charge in [-0.15, -0.1) is 0 Å². The fourth-order valence-corrected chi connectivity index (χ4v) is 2.91. The maximum atomic E-state index is 12.5. The number of amides is 2. The molecule has 4 heteroatoms. The van der Waals surface area contributed by atoms with Gasteiger partial charge in [-0.25, -0.2) is 0 Å². The molecule has 2 atom stereocenters. The molecule has 1 aliphatic carbocycles. The summed E-state index contributed by atoms with van der Waals surface area (Å²) in [6.45, 7) is 2.53. The van der Waals surface area contributed by atoms with Crippen LogP contribution < -0.4 is 5.32 Å². The monoisotopic (exact) mass is 322 g/mol. The Kier molecular flexibility index (Phi) is 4.65. The lowest BCUT2D eigenvalue weighted by Crippen LogP contribution is -2.29. The van der Waals surface area contributed by atoms with Crippen LogP contribution in [0.1, 0.15) is 17.5 Å². The lowest BCUT2D eigenvalue weighted by Gasteiger charge is -2.17. The topological polar surface area (TPSA) is 49.4 Å². The van der Waals surface area contributed by atoms with Gasteiger partial charge >= 0.3 is 0 Å². The van der Waals surface area contributed by atoms with Crippen LogP contribution in [0, 0.1) is 18.8 Å². The molecule has 2 aromatic rings. The van der Waals surface area contributed by atoms with Crippen molar-refractivity contribution in [3.8, 4) is 0 Å². The molecule has 0 heterocycles. The molecule has 0 bridgehead atoms. The van der Waals surface area contributed by atoms with Crippen LogP contribution in [0.25, 0.3) is 0 Å². The predicted molar refractivity (Wildman–Crippen MR) is 94.3 cm³/mol. The van der Waals surface area contributed by atoms with E-state index in [1.54, 1.807) is 11.9 Å². The number of hydrogen-bond donors (Lipinski definition) is 1. The largest absolute Gasteiger partial charge is 0.341 e. The van der Waals surface area contributed by atoms with E-state index in [0.29, 0.717) is 13.0 Å². The van der Waals surface area contributed by atoms with Crippen LogP contribution >= 0.6 is 0 Å². The lowest BCUT2D eigenvalue weighted by atomic mass is 10.2. The van der Waals surface area contributed by atoms with E-state index in [1.807, 2.05) is 61.5 Å². The zero-order chi connectivity index (χ0) is 17.1. The number of anilines is 1. The molecule has 4 nitrogen and oxygen atoms in total. The standard InChI is InChI=1S/C20H22N2O2/c1-14-8-6-7-11-18(14)21-19(23)16-12-17(16)20(24)22(2)13-15-9-4-3-5-10-15/h3-11,16-17H,12-13H2,1-2H3,(H,21,23). The summed E-state index contributed by atoms with van der Waals surface area (Å²) in [7, 11) is 1.80. The van der Waals surface area contributed by atoms with Crippen molar-refractivity contribution >= 4 is 17.5 Å². The average Bonchev–Trinajstić information content (AvgIpc) is 3.38. The summed E-state index contributed by atoms with van der Waals surface area (Å²) in [6, 6.07) is 17.5. The third-order valence-corrected chi connectivity index (χ3v) is 4.49. The quantitative estimate of drug-likeness (QED) is 0.919. The van der Waals surface area contributed by atoms with Gasteiger partial charge in [-0.3, -0.25) is 9.59 Å². The number of carbonyl (C=O) groups is 2. The highest BCUT2D eigenvalue weighted by atomic mass is 16.2. The Bertz CT molecular complexity index is 742. The zero-order valence-electron chi connectivity index (χ0n) is 14.0. The number of hydrogen-bond acceptors (Lipinski definition) is 2. The summed E-state index contributed by atoms with van der Waals surface area (Å²) in [5, 5.41) is 2.94. The van der Waals surface area contributed by atoms with Gasteiger partial charge in [-0.05, 0) is 30.5 Å². The minimum Gasteiger partial charge on any atom is -0.341 e. The highest BCUT2D eigenvalue weighted by Gasteiger charge is 2.49. The Morgan fingerprint density at radius 1 is 1.04 bits per heavy atom. The normalized spacial score (nSPS) is 18.8. The van der Waals surface area contributed by atoms with Gasteiger partial charge in [0.05, 0.1) is 11.8 Å². The van der Waals surface area contributed by atoms with Crippen LogP contribution in [0.5, 0.6) is 0 Å². The average molecular weight is 322 g/mol. The van der Waals surface area contributed by atoms with E-state index in [0.717, 1.165) is 16.8 Å². The highest BCUT2D eigenvalue weighted by molar-refractivity contribution is 5.99. The molecular weight excluding hydrogens is 300 g/mol. The van der Waals surface area contributed by atoms with Crippen LogP contribution in [0.2, 0.25) is 0 Å². The fraction of sp³-hybridized carbons (Fsp3) is 0.300. The minimum atomic E-state index is -0.213. The Labute approximate surface area is 142 Å². The summed E-state index contributed by atoms with van der Waals surface area (Å²) in [5.41, 5.74) is 2.93. The summed E-state index contributed by atoms with van der Waals surface area (Å²) >= 11 is 0. The van der Waals surface area contributed by atoms with E-state index in [-0.39, 0.29) is 23.7 Å². The SMILES string of the molecule is Cc1ccccc1NC(=O)C1CC1C(=O)N(C)Cc1ccccc1. The second-order valence-corrected chi connectivity index (χ2v) is 6.43. The van der Waals surface area contributed by atoms with Crippen molar-refractivity contribution in [1.29, 1.82) is 0 Å². The summed E-state index contributed by atoms with van der Waals surface area (Å²) in [5.74, 6) is -0.419. The molecule has 2 aromatic carbocycles. The van der Waals surface area contributed by atoms with E-state index < -0.39 is 0 Å². The molecule has 1 saturated carbocycles. The first-order valence-corrected chi connectivity index (χ1v) is 8.21. The maximum Gasteiger partial charge on any atom is 0.228 e. The van der Waals surface area contributed by atoms with Crippen LogP contribution in [0.15, 0.2) is 54.6 Å². The molecule has 1 fully saturated rings. The van der Waals surface area contributed by atoms with Crippen molar-refractivity contribution < 1.29 is 9.59 Å². The van der Waals surface area contributed by atoms with Crippen LogP contribution in [-0.4, -0.2) is 23.8 Å². The summed E-state index contributed by atoms with van der Waals surface area (Å²) in [6.07, 6.45) is 0.635. The molecule has 0 radical (unpaired) electrons. The Morgan fingerprint density at radius 3 is 2.42 bits per heavy atom. The first-order chi connectivity index (χ1) is 11.6. The first-order valence-electron chi connectivity index (χ1n) is 8.21. The Morgan fingerprint density at radius 2 is 1.71 bits per heavy atom. The highest BCUT2D eigenvalue weighted by Crippen LogP contribution is 2.41. The van der Waals surface area contributed by atoms with Crippen LogP contribution in [0.4, 0.5) is 5.69 Å². The van der Waals surface area contributed by atoms with Gasteiger partial charge in [0.2, 0.25) is 11.8 Å². The van der Waals surface area contributed by atoms with Crippen LogP contribution in [-0.2, 0) is 16.1 Å². The zero-order valence-corrected chi connectivity index (χ0v) is 14.0. The molecule has 124 valence electrons. The van der Waals surface area contributed by atoms with Gasteiger partial charge in [0, 0.05) is 19.3 Å². The van der Waals surface area contributed by atoms with Crippen molar-refractivity contribution in [2.45, 2.75) is 19.9 Å². The third-order valence-electron chi connectivity index (χ3n) is 4.49. The van der Waals surface area contributed by atoms with Crippen molar-refractivity contribution in [1.82, 2.24) is 4.90 Å². The molecule has 0 spiro atoms. The van der Waals surface area contributed by atoms with Gasteiger partial charge in [-0.2, -0.15) is 0 Å². The molecular formula is C20H22N2O2. The number of carbonyl (C=O) groups excluding carboxylic acids is 2. The molecule has 0 saturated heterocycles. The first kappa shape index (κ1) is 16.2. The molecule has 3 rings (SSSR count). The third kappa shape index (κ3) is 3.65. The molecule has 0 aromatic heterocycles. The van der Waals surface area contributed by atoms with Gasteiger partial charge in [-0.1, -0.05) is 48.5 Å². The van der Waals surface area contributed by atoms with Crippen molar-refractivity contribution in [2.24, 2.45) is 11.8 Å². The number of para-hydroxylation sites is 1. The maximum absolute atomic E-state index is 12.5. The predicted octanol–water partition coefficient (Wildman–Crippen LogP) is 3.23. The molecule has 24 heavy (non-hydrogen) atoms. The number of aryl methyl sites for hydroxylation is 1. The number of nitrogens with one attached hydrogen (secondary N) is 1. The van der Waals surface area contributed by atoms with E-state index in [9.17, 15) is 9.59 Å². The number of nitrogens with zero attached hydrogens (tertiary/aromatic N) is 1. The molecule has 0 aliphatic heterocycles. The molecule has 1 N–H and O–H groups in total. The smallest absolute Gasteiger partial charge is 0.228 e. The van der Waals surface area contributed by atoms with E-state index in [4.69, 9.17) is 0 Å². The fourth-order valence-electron chi connectivity index (χ4n) is 2.91. The number of benzene rings is 2. The van der Waals surface area contributed by atoms with E-state index in [2.05, 4.69) is 5.32 Å². The van der Waals surface area contributed by atoms with Crippen molar-refractivity contribution in [3.05, 3.63) is 65.7 Å². The van der Waals surface area contributed by atoms with Gasteiger partial charge in [0.15, 0.2) is 0 Å². The second-order valence-electron chi connectivity index (χ2n) is 6.43. The molecule has 2 unspecified atom stereocenters. The number of rotatable bonds is 5. The summed E-state index contributed by atoms with van der Waals surface area (Å²) in [4.78, 5) is 26.5. The Balaban J connectivity index is 1.55. The summed E-state index contributed by atoms with van der Waals surface area (Å²) < 4.78 is 0. The van der Waals surface area contributed by atoms with Gasteiger partial charge < -0.3 is 10.2 Å². The van der Waals surface area contributed by atoms with E-state index in [1.165, 1.54) is 0 Å². The molecule has 2 amide bonds. The van der Waals surface area contributed by atoms with Gasteiger partial charge in [0.1, 0.15) is 0 Å².